The highest BCUT2D eigenvalue weighted by Crippen LogP contribution is 2.17. The van der Waals surface area contributed by atoms with Crippen molar-refractivity contribution in [3.8, 4) is 5.75 Å². The van der Waals surface area contributed by atoms with Gasteiger partial charge in [0.1, 0.15) is 5.75 Å². The number of hydrogen-bond acceptors (Lipinski definition) is 3. The molecule has 0 aliphatic carbocycles. The average Bonchev–Trinajstić information content (AvgIpc) is 2.90. The molecular formula is C15H16BrNO3. The van der Waals surface area contributed by atoms with Crippen molar-refractivity contribution in [1.29, 1.82) is 0 Å². The molecule has 2 aromatic rings. The van der Waals surface area contributed by atoms with Crippen LogP contribution in [0.1, 0.15) is 23.4 Å². The quantitative estimate of drug-likeness (QED) is 0.785. The molecule has 0 aliphatic rings. The Bertz CT molecular complexity index is 539. The monoisotopic (exact) mass is 337 g/mol. The summed E-state index contributed by atoms with van der Waals surface area (Å²) in [7, 11) is 0. The van der Waals surface area contributed by atoms with Crippen molar-refractivity contribution in [3.05, 3.63) is 52.9 Å². The van der Waals surface area contributed by atoms with Gasteiger partial charge in [0.15, 0.2) is 0 Å². The lowest BCUT2D eigenvalue weighted by Gasteiger charge is -2.06. The molecule has 0 saturated carbocycles. The summed E-state index contributed by atoms with van der Waals surface area (Å²) in [6, 6.07) is 11.4. The fourth-order valence-electron chi connectivity index (χ4n) is 1.67. The topological polar surface area (TPSA) is 51.5 Å². The SMILES string of the molecule is O=C(NCCCCOc1ccccc1)c1occc1Br. The van der Waals surface area contributed by atoms with Crippen molar-refractivity contribution >= 4 is 21.8 Å². The Hall–Kier alpha value is -1.75. The van der Waals surface area contributed by atoms with E-state index in [1.54, 1.807) is 6.07 Å². The first-order chi connectivity index (χ1) is 9.77. The molecular weight excluding hydrogens is 322 g/mol. The molecule has 1 amide bonds. The molecule has 0 bridgehead atoms. The summed E-state index contributed by atoms with van der Waals surface area (Å²) in [5.41, 5.74) is 0. The molecule has 106 valence electrons. The number of amides is 1. The van der Waals surface area contributed by atoms with Crippen molar-refractivity contribution in [1.82, 2.24) is 5.32 Å². The van der Waals surface area contributed by atoms with Crippen LogP contribution in [0.5, 0.6) is 5.75 Å². The van der Waals surface area contributed by atoms with Crippen LogP contribution in [-0.2, 0) is 0 Å². The molecule has 4 nitrogen and oxygen atoms in total. The highest BCUT2D eigenvalue weighted by Gasteiger charge is 2.12. The predicted molar refractivity (Wildman–Crippen MR) is 79.9 cm³/mol. The number of rotatable bonds is 7. The van der Waals surface area contributed by atoms with Crippen LogP contribution in [-0.4, -0.2) is 19.1 Å². The predicted octanol–water partition coefficient (Wildman–Crippen LogP) is 3.63. The molecule has 2 rings (SSSR count). The van der Waals surface area contributed by atoms with Crippen molar-refractivity contribution in [3.63, 3.8) is 0 Å². The molecule has 20 heavy (non-hydrogen) atoms. The second-order valence-electron chi connectivity index (χ2n) is 4.22. The fourth-order valence-corrected chi connectivity index (χ4v) is 2.05. The number of para-hydroxylation sites is 1. The van der Waals surface area contributed by atoms with E-state index in [0.29, 0.717) is 23.4 Å². The Morgan fingerprint density at radius 2 is 2.00 bits per heavy atom. The third-order valence-electron chi connectivity index (χ3n) is 2.69. The van der Waals surface area contributed by atoms with Gasteiger partial charge in [0, 0.05) is 6.54 Å². The van der Waals surface area contributed by atoms with Crippen LogP contribution < -0.4 is 10.1 Å². The molecule has 0 unspecified atom stereocenters. The zero-order valence-electron chi connectivity index (χ0n) is 11.0. The van der Waals surface area contributed by atoms with E-state index in [2.05, 4.69) is 21.2 Å². The lowest BCUT2D eigenvalue weighted by molar-refractivity contribution is 0.0923. The van der Waals surface area contributed by atoms with Crippen molar-refractivity contribution < 1.29 is 13.9 Å². The second-order valence-corrected chi connectivity index (χ2v) is 5.08. The van der Waals surface area contributed by atoms with E-state index in [1.807, 2.05) is 30.3 Å². The number of carbonyl (C=O) groups is 1. The molecule has 1 aromatic heterocycles. The third kappa shape index (κ3) is 4.42. The Morgan fingerprint density at radius 1 is 1.20 bits per heavy atom. The average molecular weight is 338 g/mol. The minimum atomic E-state index is -0.203. The molecule has 1 N–H and O–H groups in total. The maximum Gasteiger partial charge on any atom is 0.288 e. The standard InChI is InChI=1S/C15H16BrNO3/c16-13-8-11-20-14(13)15(18)17-9-4-5-10-19-12-6-2-1-3-7-12/h1-3,6-8,11H,4-5,9-10H2,(H,17,18). The first-order valence-corrected chi connectivity index (χ1v) is 7.25. The van der Waals surface area contributed by atoms with E-state index in [0.717, 1.165) is 18.6 Å². The second kappa shape index (κ2) is 7.75. The summed E-state index contributed by atoms with van der Waals surface area (Å²) in [5.74, 6) is 0.979. The number of furan rings is 1. The van der Waals surface area contributed by atoms with Crippen molar-refractivity contribution in [2.45, 2.75) is 12.8 Å². The first-order valence-electron chi connectivity index (χ1n) is 6.46. The minimum Gasteiger partial charge on any atom is -0.494 e. The molecule has 0 saturated heterocycles. The number of benzene rings is 1. The number of carbonyl (C=O) groups excluding carboxylic acids is 1. The summed E-state index contributed by atoms with van der Waals surface area (Å²) < 4.78 is 11.3. The van der Waals surface area contributed by atoms with Crippen molar-refractivity contribution in [2.24, 2.45) is 0 Å². The fraction of sp³-hybridized carbons (Fsp3) is 0.267. The Kier molecular flexibility index (Phi) is 5.68. The zero-order chi connectivity index (χ0) is 14.2. The zero-order valence-corrected chi connectivity index (χ0v) is 12.6. The highest BCUT2D eigenvalue weighted by atomic mass is 79.9. The molecule has 1 heterocycles. The number of halogens is 1. The van der Waals surface area contributed by atoms with Crippen LogP contribution in [0.4, 0.5) is 0 Å². The van der Waals surface area contributed by atoms with E-state index in [1.165, 1.54) is 6.26 Å². The normalized spacial score (nSPS) is 10.2. The largest absolute Gasteiger partial charge is 0.494 e. The van der Waals surface area contributed by atoms with Gasteiger partial charge in [-0.1, -0.05) is 18.2 Å². The van der Waals surface area contributed by atoms with E-state index >= 15 is 0 Å². The van der Waals surface area contributed by atoms with Gasteiger partial charge in [-0.2, -0.15) is 0 Å². The molecule has 0 radical (unpaired) electrons. The van der Waals surface area contributed by atoms with Crippen LogP contribution in [0.3, 0.4) is 0 Å². The molecule has 0 atom stereocenters. The van der Waals surface area contributed by atoms with E-state index in [9.17, 15) is 4.79 Å². The smallest absolute Gasteiger partial charge is 0.288 e. The van der Waals surface area contributed by atoms with Gasteiger partial charge in [0.25, 0.3) is 5.91 Å². The number of unbranched alkanes of at least 4 members (excludes halogenated alkanes) is 1. The lowest BCUT2D eigenvalue weighted by Crippen LogP contribution is -2.24. The van der Waals surface area contributed by atoms with Gasteiger partial charge in [-0.15, -0.1) is 0 Å². The van der Waals surface area contributed by atoms with Gasteiger partial charge in [0.2, 0.25) is 5.76 Å². The van der Waals surface area contributed by atoms with Gasteiger partial charge >= 0.3 is 0 Å². The van der Waals surface area contributed by atoms with E-state index in [4.69, 9.17) is 9.15 Å². The summed E-state index contributed by atoms with van der Waals surface area (Å²) in [4.78, 5) is 11.7. The maximum atomic E-state index is 11.7. The van der Waals surface area contributed by atoms with Gasteiger partial charge in [-0.25, -0.2) is 0 Å². The number of nitrogens with one attached hydrogen (secondary N) is 1. The van der Waals surface area contributed by atoms with Crippen LogP contribution in [0.2, 0.25) is 0 Å². The molecule has 1 aromatic carbocycles. The highest BCUT2D eigenvalue weighted by molar-refractivity contribution is 9.10. The van der Waals surface area contributed by atoms with Crippen LogP contribution >= 0.6 is 15.9 Å². The first kappa shape index (κ1) is 14.7. The van der Waals surface area contributed by atoms with Gasteiger partial charge in [-0.05, 0) is 47.0 Å². The Morgan fingerprint density at radius 3 is 2.70 bits per heavy atom. The summed E-state index contributed by atoms with van der Waals surface area (Å²) in [6.07, 6.45) is 3.22. The Labute approximate surface area is 126 Å². The van der Waals surface area contributed by atoms with Crippen LogP contribution in [0, 0.1) is 0 Å². The van der Waals surface area contributed by atoms with Gasteiger partial charge < -0.3 is 14.5 Å². The van der Waals surface area contributed by atoms with Crippen LogP contribution in [0.15, 0.2) is 51.6 Å². The molecule has 5 heteroatoms. The molecule has 0 spiro atoms. The van der Waals surface area contributed by atoms with Crippen molar-refractivity contribution in [2.75, 3.05) is 13.2 Å². The van der Waals surface area contributed by atoms with Gasteiger partial charge in [0.05, 0.1) is 17.3 Å². The van der Waals surface area contributed by atoms with Gasteiger partial charge in [-0.3, -0.25) is 4.79 Å². The minimum absolute atomic E-state index is 0.203. The van der Waals surface area contributed by atoms with E-state index < -0.39 is 0 Å². The molecule has 0 fully saturated rings. The number of ether oxygens (including phenoxy) is 1. The third-order valence-corrected chi connectivity index (χ3v) is 3.32. The lowest BCUT2D eigenvalue weighted by atomic mass is 10.3. The maximum absolute atomic E-state index is 11.7. The number of hydrogen-bond donors (Lipinski definition) is 1. The summed E-state index contributed by atoms with van der Waals surface area (Å²) >= 11 is 3.25. The Balaban J connectivity index is 1.58. The summed E-state index contributed by atoms with van der Waals surface area (Å²) in [6.45, 7) is 1.24. The van der Waals surface area contributed by atoms with E-state index in [-0.39, 0.29) is 5.91 Å². The molecule has 0 aliphatic heterocycles. The summed E-state index contributed by atoms with van der Waals surface area (Å²) in [5, 5.41) is 2.81. The van der Waals surface area contributed by atoms with Crippen LogP contribution in [0.25, 0.3) is 0 Å².